The van der Waals surface area contributed by atoms with Crippen LogP contribution in [0.2, 0.25) is 0 Å². The first-order chi connectivity index (χ1) is 6.95. The molecule has 0 atom stereocenters. The van der Waals surface area contributed by atoms with Crippen molar-refractivity contribution in [1.82, 2.24) is 4.98 Å². The SMILES string of the molecule is c1cc2ccoc2c(N2CCCC2)n1. The van der Waals surface area contributed by atoms with E-state index in [1.165, 1.54) is 12.8 Å². The second-order valence-electron chi connectivity index (χ2n) is 3.67. The van der Waals surface area contributed by atoms with E-state index in [0.717, 1.165) is 29.9 Å². The van der Waals surface area contributed by atoms with Gasteiger partial charge in [-0.05, 0) is 25.0 Å². The minimum absolute atomic E-state index is 0.925. The lowest BCUT2D eigenvalue weighted by Gasteiger charge is -2.15. The largest absolute Gasteiger partial charge is 0.460 e. The van der Waals surface area contributed by atoms with Crippen molar-refractivity contribution in [2.75, 3.05) is 18.0 Å². The molecule has 3 heterocycles. The van der Waals surface area contributed by atoms with E-state index in [4.69, 9.17) is 4.42 Å². The fourth-order valence-electron chi connectivity index (χ4n) is 2.03. The number of hydrogen-bond acceptors (Lipinski definition) is 3. The van der Waals surface area contributed by atoms with E-state index in [1.54, 1.807) is 6.26 Å². The van der Waals surface area contributed by atoms with Gasteiger partial charge in [-0.2, -0.15) is 0 Å². The van der Waals surface area contributed by atoms with Crippen LogP contribution in [0, 0.1) is 0 Å². The molecule has 0 bridgehead atoms. The Kier molecular flexibility index (Phi) is 1.69. The Morgan fingerprint density at radius 3 is 2.93 bits per heavy atom. The molecule has 3 rings (SSSR count). The monoisotopic (exact) mass is 188 g/mol. The Hall–Kier alpha value is -1.51. The molecule has 0 radical (unpaired) electrons. The first-order valence-corrected chi connectivity index (χ1v) is 5.02. The molecule has 2 aromatic heterocycles. The molecule has 0 aromatic carbocycles. The molecule has 0 aliphatic carbocycles. The van der Waals surface area contributed by atoms with Gasteiger partial charge in [0.25, 0.3) is 0 Å². The van der Waals surface area contributed by atoms with Crippen LogP contribution >= 0.6 is 0 Å². The number of nitrogens with zero attached hydrogens (tertiary/aromatic N) is 2. The predicted octanol–water partition coefficient (Wildman–Crippen LogP) is 2.43. The molecule has 14 heavy (non-hydrogen) atoms. The average Bonchev–Trinajstić information content (AvgIpc) is 2.88. The van der Waals surface area contributed by atoms with Crippen molar-refractivity contribution in [2.45, 2.75) is 12.8 Å². The van der Waals surface area contributed by atoms with Crippen molar-refractivity contribution in [3.63, 3.8) is 0 Å². The Morgan fingerprint density at radius 2 is 2.07 bits per heavy atom. The molecule has 2 aromatic rings. The van der Waals surface area contributed by atoms with Gasteiger partial charge in [0.2, 0.25) is 0 Å². The van der Waals surface area contributed by atoms with Crippen LogP contribution in [0.3, 0.4) is 0 Å². The first kappa shape index (κ1) is 7.85. The fourth-order valence-corrected chi connectivity index (χ4v) is 2.03. The number of rotatable bonds is 1. The molecule has 0 unspecified atom stereocenters. The summed E-state index contributed by atoms with van der Waals surface area (Å²) >= 11 is 0. The van der Waals surface area contributed by atoms with Crippen LogP contribution in [0.4, 0.5) is 5.82 Å². The molecular weight excluding hydrogens is 176 g/mol. The highest BCUT2D eigenvalue weighted by atomic mass is 16.3. The Balaban J connectivity index is 2.14. The lowest BCUT2D eigenvalue weighted by atomic mass is 10.3. The standard InChI is InChI=1S/C11H12N2O/c1-2-7-13(6-1)11-10-9(3-5-12-11)4-8-14-10/h3-5,8H,1-2,6-7H2. The zero-order valence-electron chi connectivity index (χ0n) is 7.94. The minimum atomic E-state index is 0.925. The summed E-state index contributed by atoms with van der Waals surface area (Å²) in [5.74, 6) is 1.00. The van der Waals surface area contributed by atoms with Gasteiger partial charge in [-0.15, -0.1) is 0 Å². The van der Waals surface area contributed by atoms with Crippen LogP contribution in [-0.4, -0.2) is 18.1 Å². The van der Waals surface area contributed by atoms with Crippen molar-refractivity contribution in [3.05, 3.63) is 24.6 Å². The zero-order chi connectivity index (χ0) is 9.38. The normalized spacial score (nSPS) is 16.7. The predicted molar refractivity (Wildman–Crippen MR) is 55.5 cm³/mol. The maximum Gasteiger partial charge on any atom is 0.176 e. The van der Waals surface area contributed by atoms with Gasteiger partial charge in [0, 0.05) is 24.7 Å². The third-order valence-corrected chi connectivity index (χ3v) is 2.76. The highest BCUT2D eigenvalue weighted by Gasteiger charge is 2.17. The topological polar surface area (TPSA) is 29.3 Å². The van der Waals surface area contributed by atoms with Crippen LogP contribution in [-0.2, 0) is 0 Å². The van der Waals surface area contributed by atoms with Gasteiger partial charge >= 0.3 is 0 Å². The lowest BCUT2D eigenvalue weighted by Crippen LogP contribution is -2.18. The zero-order valence-corrected chi connectivity index (χ0v) is 7.94. The number of hydrogen-bond donors (Lipinski definition) is 0. The smallest absolute Gasteiger partial charge is 0.176 e. The van der Waals surface area contributed by atoms with Crippen LogP contribution < -0.4 is 4.90 Å². The van der Waals surface area contributed by atoms with Crippen molar-refractivity contribution in [2.24, 2.45) is 0 Å². The Labute approximate surface area is 82.3 Å². The van der Waals surface area contributed by atoms with Gasteiger partial charge in [-0.1, -0.05) is 0 Å². The summed E-state index contributed by atoms with van der Waals surface area (Å²) in [5, 5.41) is 1.14. The maximum atomic E-state index is 5.46. The summed E-state index contributed by atoms with van der Waals surface area (Å²) in [6, 6.07) is 3.97. The van der Waals surface area contributed by atoms with Gasteiger partial charge in [0.1, 0.15) is 0 Å². The van der Waals surface area contributed by atoms with E-state index in [0.29, 0.717) is 0 Å². The van der Waals surface area contributed by atoms with Crippen molar-refractivity contribution < 1.29 is 4.42 Å². The third-order valence-electron chi connectivity index (χ3n) is 2.76. The number of anilines is 1. The van der Waals surface area contributed by atoms with Crippen molar-refractivity contribution in [1.29, 1.82) is 0 Å². The molecule has 3 nitrogen and oxygen atoms in total. The van der Waals surface area contributed by atoms with Crippen LogP contribution in [0.25, 0.3) is 11.0 Å². The van der Waals surface area contributed by atoms with E-state index in [1.807, 2.05) is 18.3 Å². The Morgan fingerprint density at radius 1 is 1.21 bits per heavy atom. The molecule has 1 fully saturated rings. The average molecular weight is 188 g/mol. The highest BCUT2D eigenvalue weighted by molar-refractivity contribution is 5.87. The molecule has 1 aliphatic heterocycles. The van der Waals surface area contributed by atoms with E-state index in [9.17, 15) is 0 Å². The van der Waals surface area contributed by atoms with Gasteiger partial charge in [0.15, 0.2) is 11.4 Å². The van der Waals surface area contributed by atoms with Gasteiger partial charge in [0.05, 0.1) is 6.26 Å². The molecule has 1 saturated heterocycles. The summed E-state index contributed by atoms with van der Waals surface area (Å²) in [6.45, 7) is 2.21. The van der Waals surface area contributed by atoms with E-state index >= 15 is 0 Å². The van der Waals surface area contributed by atoms with Gasteiger partial charge in [-0.25, -0.2) is 4.98 Å². The summed E-state index contributed by atoms with van der Waals surface area (Å²) in [4.78, 5) is 6.69. The summed E-state index contributed by atoms with van der Waals surface area (Å²) in [5.41, 5.74) is 0.925. The summed E-state index contributed by atoms with van der Waals surface area (Å²) in [6.07, 6.45) is 6.11. The molecule has 0 saturated carbocycles. The molecule has 1 aliphatic rings. The number of aromatic nitrogens is 1. The first-order valence-electron chi connectivity index (χ1n) is 5.02. The maximum absolute atomic E-state index is 5.46. The molecule has 72 valence electrons. The van der Waals surface area contributed by atoms with Gasteiger partial charge < -0.3 is 9.32 Å². The quantitative estimate of drug-likeness (QED) is 0.688. The van der Waals surface area contributed by atoms with Crippen LogP contribution in [0.15, 0.2) is 29.0 Å². The third kappa shape index (κ3) is 1.09. The number of fused-ring (bicyclic) bond motifs is 1. The highest BCUT2D eigenvalue weighted by Crippen LogP contribution is 2.27. The van der Waals surface area contributed by atoms with Crippen LogP contribution in [0.1, 0.15) is 12.8 Å². The van der Waals surface area contributed by atoms with Crippen molar-refractivity contribution >= 4 is 16.8 Å². The van der Waals surface area contributed by atoms with Crippen molar-refractivity contribution in [3.8, 4) is 0 Å². The lowest BCUT2D eigenvalue weighted by molar-refractivity contribution is 0.613. The number of pyridine rings is 1. The molecule has 3 heteroatoms. The van der Waals surface area contributed by atoms with Crippen LogP contribution in [0.5, 0.6) is 0 Å². The Bertz CT molecular complexity index is 443. The van der Waals surface area contributed by atoms with E-state index in [-0.39, 0.29) is 0 Å². The molecular formula is C11H12N2O. The summed E-state index contributed by atoms with van der Waals surface area (Å²) < 4.78 is 5.46. The molecule has 0 amide bonds. The van der Waals surface area contributed by atoms with E-state index in [2.05, 4.69) is 9.88 Å². The summed E-state index contributed by atoms with van der Waals surface area (Å²) in [7, 11) is 0. The molecule has 0 N–H and O–H groups in total. The minimum Gasteiger partial charge on any atom is -0.460 e. The fraction of sp³-hybridized carbons (Fsp3) is 0.364. The number of furan rings is 1. The molecule has 0 spiro atoms. The second-order valence-corrected chi connectivity index (χ2v) is 3.67. The second kappa shape index (κ2) is 3.01. The van der Waals surface area contributed by atoms with Gasteiger partial charge in [-0.3, -0.25) is 0 Å². The van der Waals surface area contributed by atoms with E-state index < -0.39 is 0 Å².